The fourth-order valence-electron chi connectivity index (χ4n) is 3.31. The Labute approximate surface area is 120 Å². The first-order valence-electron chi connectivity index (χ1n) is 7.37. The molecule has 0 saturated carbocycles. The van der Waals surface area contributed by atoms with Crippen LogP contribution in [0.1, 0.15) is 24.3 Å². The first kappa shape index (κ1) is 13.4. The van der Waals surface area contributed by atoms with Gasteiger partial charge in [-0.3, -0.25) is 4.79 Å². The van der Waals surface area contributed by atoms with E-state index in [9.17, 15) is 4.79 Å². The number of rotatable bonds is 4. The number of anilines is 1. The summed E-state index contributed by atoms with van der Waals surface area (Å²) in [4.78, 5) is 14.4. The largest absolute Gasteiger partial charge is 0.384 e. The standard InChI is InChI=1S/C16H22N2O2/c1-20-11-12-6-7-18(10-12)16(19)8-13-9-17-15-5-3-2-4-14(13)15/h2-5,12-13,17H,6-11H2,1H3. The van der Waals surface area contributed by atoms with Crippen LogP contribution in [-0.2, 0) is 9.53 Å². The number of carbonyl (C=O) groups is 1. The maximum atomic E-state index is 12.4. The first-order valence-corrected chi connectivity index (χ1v) is 7.37. The number of nitrogens with zero attached hydrogens (tertiary/aromatic N) is 1. The Morgan fingerprint density at radius 3 is 3.15 bits per heavy atom. The normalized spacial score (nSPS) is 24.6. The Balaban J connectivity index is 1.58. The zero-order valence-corrected chi connectivity index (χ0v) is 12.0. The lowest BCUT2D eigenvalue weighted by Crippen LogP contribution is -2.30. The molecule has 1 aromatic rings. The second kappa shape index (κ2) is 5.83. The molecule has 108 valence electrons. The lowest BCUT2D eigenvalue weighted by Gasteiger charge is -2.19. The van der Waals surface area contributed by atoms with Crippen molar-refractivity contribution >= 4 is 11.6 Å². The number of para-hydroxylation sites is 1. The predicted octanol–water partition coefficient (Wildman–Crippen LogP) is 2.08. The molecule has 4 heteroatoms. The molecular weight excluding hydrogens is 252 g/mol. The highest BCUT2D eigenvalue weighted by Gasteiger charge is 2.30. The van der Waals surface area contributed by atoms with Gasteiger partial charge in [-0.05, 0) is 18.1 Å². The SMILES string of the molecule is COCC1CCN(C(=O)CC2CNc3ccccc32)C1. The van der Waals surface area contributed by atoms with Crippen molar-refractivity contribution in [2.45, 2.75) is 18.8 Å². The van der Waals surface area contributed by atoms with E-state index in [1.165, 1.54) is 11.3 Å². The van der Waals surface area contributed by atoms with E-state index in [1.54, 1.807) is 7.11 Å². The Morgan fingerprint density at radius 2 is 2.30 bits per heavy atom. The molecular formula is C16H22N2O2. The minimum absolute atomic E-state index is 0.284. The summed E-state index contributed by atoms with van der Waals surface area (Å²) in [5.41, 5.74) is 2.47. The van der Waals surface area contributed by atoms with E-state index in [-0.39, 0.29) is 5.91 Å². The van der Waals surface area contributed by atoms with Crippen LogP contribution in [0.4, 0.5) is 5.69 Å². The average Bonchev–Trinajstić information content (AvgIpc) is 3.07. The molecule has 2 unspecified atom stereocenters. The van der Waals surface area contributed by atoms with Gasteiger partial charge in [-0.15, -0.1) is 0 Å². The van der Waals surface area contributed by atoms with Crippen LogP contribution in [0.2, 0.25) is 0 Å². The van der Waals surface area contributed by atoms with Gasteiger partial charge in [0, 0.05) is 50.7 Å². The summed E-state index contributed by atoms with van der Waals surface area (Å²) in [5, 5.41) is 3.38. The van der Waals surface area contributed by atoms with Gasteiger partial charge in [-0.25, -0.2) is 0 Å². The fraction of sp³-hybridized carbons (Fsp3) is 0.562. The minimum Gasteiger partial charge on any atom is -0.384 e. The van der Waals surface area contributed by atoms with E-state index in [0.29, 0.717) is 18.3 Å². The smallest absolute Gasteiger partial charge is 0.223 e. The lowest BCUT2D eigenvalue weighted by molar-refractivity contribution is -0.130. The van der Waals surface area contributed by atoms with Crippen molar-refractivity contribution in [1.29, 1.82) is 0 Å². The second-order valence-corrected chi connectivity index (χ2v) is 5.82. The van der Waals surface area contributed by atoms with Crippen molar-refractivity contribution in [3.8, 4) is 0 Å². The van der Waals surface area contributed by atoms with Crippen LogP contribution in [0.25, 0.3) is 0 Å². The van der Waals surface area contributed by atoms with Crippen molar-refractivity contribution in [3.63, 3.8) is 0 Å². The highest BCUT2D eigenvalue weighted by molar-refractivity contribution is 5.78. The molecule has 0 aromatic heterocycles. The fourth-order valence-corrected chi connectivity index (χ4v) is 3.31. The van der Waals surface area contributed by atoms with Crippen LogP contribution in [0, 0.1) is 5.92 Å². The quantitative estimate of drug-likeness (QED) is 0.914. The summed E-state index contributed by atoms with van der Waals surface area (Å²) in [6, 6.07) is 8.30. The molecule has 1 N–H and O–H groups in total. The van der Waals surface area contributed by atoms with Gasteiger partial charge in [0.15, 0.2) is 0 Å². The molecule has 2 aliphatic rings. The Hall–Kier alpha value is -1.55. The molecule has 20 heavy (non-hydrogen) atoms. The summed E-state index contributed by atoms with van der Waals surface area (Å²) < 4.78 is 5.19. The molecule has 1 saturated heterocycles. The predicted molar refractivity (Wildman–Crippen MR) is 78.9 cm³/mol. The van der Waals surface area contributed by atoms with Crippen molar-refractivity contribution in [2.75, 3.05) is 38.7 Å². The number of nitrogens with one attached hydrogen (secondary N) is 1. The van der Waals surface area contributed by atoms with Gasteiger partial charge in [0.25, 0.3) is 0 Å². The Kier molecular flexibility index (Phi) is 3.92. The molecule has 3 rings (SSSR count). The van der Waals surface area contributed by atoms with E-state index in [1.807, 2.05) is 17.0 Å². The summed E-state index contributed by atoms with van der Waals surface area (Å²) in [6.45, 7) is 3.38. The van der Waals surface area contributed by atoms with Crippen molar-refractivity contribution in [2.24, 2.45) is 5.92 Å². The van der Waals surface area contributed by atoms with E-state index < -0.39 is 0 Å². The van der Waals surface area contributed by atoms with E-state index in [4.69, 9.17) is 4.74 Å². The topological polar surface area (TPSA) is 41.6 Å². The molecule has 2 atom stereocenters. The lowest BCUT2D eigenvalue weighted by atomic mass is 9.97. The highest BCUT2D eigenvalue weighted by atomic mass is 16.5. The number of benzene rings is 1. The minimum atomic E-state index is 0.284. The first-order chi connectivity index (χ1) is 9.78. The number of methoxy groups -OCH3 is 1. The molecule has 0 aliphatic carbocycles. The third-order valence-electron chi connectivity index (χ3n) is 4.40. The van der Waals surface area contributed by atoms with Crippen molar-refractivity contribution < 1.29 is 9.53 Å². The van der Waals surface area contributed by atoms with Gasteiger partial charge >= 0.3 is 0 Å². The van der Waals surface area contributed by atoms with Crippen molar-refractivity contribution in [1.82, 2.24) is 4.90 Å². The van der Waals surface area contributed by atoms with Gasteiger partial charge in [-0.2, -0.15) is 0 Å². The number of likely N-dealkylation sites (tertiary alicyclic amines) is 1. The molecule has 0 bridgehead atoms. The van der Waals surface area contributed by atoms with Gasteiger partial charge in [0.1, 0.15) is 0 Å². The zero-order chi connectivity index (χ0) is 13.9. The summed E-state index contributed by atoms with van der Waals surface area (Å²) in [5.74, 6) is 1.12. The van der Waals surface area contributed by atoms with Gasteiger partial charge in [0.05, 0.1) is 6.61 Å². The number of fused-ring (bicyclic) bond motifs is 1. The van der Waals surface area contributed by atoms with Gasteiger partial charge in [0.2, 0.25) is 5.91 Å². The number of carbonyl (C=O) groups excluding carboxylic acids is 1. The summed E-state index contributed by atoms with van der Waals surface area (Å²) in [6.07, 6.45) is 1.68. The van der Waals surface area contributed by atoms with Crippen LogP contribution in [0.3, 0.4) is 0 Å². The number of amides is 1. The van der Waals surface area contributed by atoms with Crippen LogP contribution >= 0.6 is 0 Å². The summed E-state index contributed by atoms with van der Waals surface area (Å²) in [7, 11) is 1.73. The van der Waals surface area contributed by atoms with Crippen LogP contribution in [-0.4, -0.2) is 44.2 Å². The third-order valence-corrected chi connectivity index (χ3v) is 4.40. The molecule has 0 radical (unpaired) electrons. The third kappa shape index (κ3) is 2.66. The molecule has 2 aliphatic heterocycles. The monoisotopic (exact) mass is 274 g/mol. The average molecular weight is 274 g/mol. The number of hydrogen-bond acceptors (Lipinski definition) is 3. The molecule has 2 heterocycles. The number of ether oxygens (including phenoxy) is 1. The van der Waals surface area contributed by atoms with Crippen LogP contribution in [0.15, 0.2) is 24.3 Å². The van der Waals surface area contributed by atoms with E-state index in [2.05, 4.69) is 17.4 Å². The van der Waals surface area contributed by atoms with E-state index >= 15 is 0 Å². The molecule has 1 aromatic carbocycles. The van der Waals surface area contributed by atoms with Crippen LogP contribution < -0.4 is 5.32 Å². The molecule has 4 nitrogen and oxygen atoms in total. The maximum absolute atomic E-state index is 12.4. The van der Waals surface area contributed by atoms with Crippen molar-refractivity contribution in [3.05, 3.63) is 29.8 Å². The zero-order valence-electron chi connectivity index (χ0n) is 12.0. The summed E-state index contributed by atoms with van der Waals surface area (Å²) >= 11 is 0. The molecule has 1 amide bonds. The highest BCUT2D eigenvalue weighted by Crippen LogP contribution is 2.34. The molecule has 1 fully saturated rings. The molecule has 0 spiro atoms. The van der Waals surface area contributed by atoms with Gasteiger partial charge in [-0.1, -0.05) is 18.2 Å². The number of hydrogen-bond donors (Lipinski definition) is 1. The van der Waals surface area contributed by atoms with Gasteiger partial charge < -0.3 is 15.0 Å². The van der Waals surface area contributed by atoms with E-state index in [0.717, 1.165) is 32.7 Å². The Morgan fingerprint density at radius 1 is 1.45 bits per heavy atom. The van der Waals surface area contributed by atoms with Crippen LogP contribution in [0.5, 0.6) is 0 Å². The second-order valence-electron chi connectivity index (χ2n) is 5.82. The Bertz CT molecular complexity index is 489. The maximum Gasteiger partial charge on any atom is 0.223 e.